The zero-order chi connectivity index (χ0) is 7.23. The first-order chi connectivity index (χ1) is 4.93. The van der Waals surface area contributed by atoms with E-state index in [9.17, 15) is 0 Å². The molecule has 1 heterocycles. The van der Waals surface area contributed by atoms with E-state index in [0.29, 0.717) is 0 Å². The van der Waals surface area contributed by atoms with Gasteiger partial charge in [-0.3, -0.25) is 4.68 Å². The molecule has 0 aliphatic heterocycles. The van der Waals surface area contributed by atoms with Gasteiger partial charge in [-0.05, 0) is 26.1 Å². The topological polar surface area (TPSA) is 29.9 Å². The summed E-state index contributed by atoms with van der Waals surface area (Å²) in [7, 11) is 1.96. The molecule has 3 nitrogen and oxygen atoms in total. The summed E-state index contributed by atoms with van der Waals surface area (Å²) in [5.74, 6) is 0. The predicted octanol–water partition coefficient (Wildman–Crippen LogP) is 0.493. The molecule has 0 spiro atoms. The molecule has 10 heavy (non-hydrogen) atoms. The van der Waals surface area contributed by atoms with Crippen molar-refractivity contribution in [3.63, 3.8) is 0 Å². The van der Waals surface area contributed by atoms with Crippen LogP contribution in [0.15, 0.2) is 18.5 Å². The number of nitrogens with one attached hydrogen (secondary N) is 1. The van der Waals surface area contributed by atoms with Crippen LogP contribution in [0.2, 0.25) is 0 Å². The van der Waals surface area contributed by atoms with Gasteiger partial charge in [-0.1, -0.05) is 0 Å². The van der Waals surface area contributed by atoms with Crippen molar-refractivity contribution in [3.8, 4) is 0 Å². The summed E-state index contributed by atoms with van der Waals surface area (Å²) in [6.45, 7) is 2.06. The molecule has 0 saturated carbocycles. The minimum Gasteiger partial charge on any atom is -0.320 e. The fourth-order valence-electron chi connectivity index (χ4n) is 0.851. The first-order valence-electron chi connectivity index (χ1n) is 3.55. The second-order valence-corrected chi connectivity index (χ2v) is 2.23. The van der Waals surface area contributed by atoms with Gasteiger partial charge in [0.2, 0.25) is 0 Å². The van der Waals surface area contributed by atoms with Crippen LogP contribution in [-0.4, -0.2) is 23.4 Å². The molecule has 56 valence electrons. The van der Waals surface area contributed by atoms with Crippen molar-refractivity contribution in [1.82, 2.24) is 15.1 Å². The van der Waals surface area contributed by atoms with Crippen LogP contribution in [-0.2, 0) is 6.54 Å². The van der Waals surface area contributed by atoms with Crippen LogP contribution in [0, 0.1) is 0 Å². The molecular formula is C7H13N3. The smallest absolute Gasteiger partial charge is 0.0489 e. The van der Waals surface area contributed by atoms with Crippen LogP contribution in [0.3, 0.4) is 0 Å². The average molecular weight is 139 g/mol. The Hall–Kier alpha value is -0.830. The molecule has 1 aromatic heterocycles. The molecule has 0 atom stereocenters. The average Bonchev–Trinajstić information content (AvgIpc) is 2.41. The van der Waals surface area contributed by atoms with Crippen molar-refractivity contribution in [2.45, 2.75) is 13.0 Å². The number of nitrogens with zero attached hydrogens (tertiary/aromatic N) is 2. The first kappa shape index (κ1) is 7.28. The quantitative estimate of drug-likeness (QED) is 0.615. The summed E-state index contributed by atoms with van der Waals surface area (Å²) < 4.78 is 1.94. The van der Waals surface area contributed by atoms with Crippen molar-refractivity contribution >= 4 is 0 Å². The van der Waals surface area contributed by atoms with Crippen molar-refractivity contribution in [1.29, 1.82) is 0 Å². The monoisotopic (exact) mass is 139 g/mol. The van der Waals surface area contributed by atoms with Crippen molar-refractivity contribution in [2.24, 2.45) is 0 Å². The Labute approximate surface area is 61.0 Å². The SMILES string of the molecule is CNCCCn1cccn1. The van der Waals surface area contributed by atoms with E-state index in [-0.39, 0.29) is 0 Å². The molecule has 1 rings (SSSR count). The van der Waals surface area contributed by atoms with E-state index in [1.165, 1.54) is 0 Å². The summed E-state index contributed by atoms with van der Waals surface area (Å²) in [5, 5.41) is 7.17. The molecule has 0 fully saturated rings. The standard InChI is InChI=1S/C7H13N3/c1-8-4-2-6-10-7-3-5-9-10/h3,5,7-8H,2,4,6H2,1H3. The van der Waals surface area contributed by atoms with E-state index in [1.54, 1.807) is 6.20 Å². The summed E-state index contributed by atoms with van der Waals surface area (Å²) in [5.41, 5.74) is 0. The number of rotatable bonds is 4. The maximum Gasteiger partial charge on any atom is 0.0489 e. The Morgan fingerprint density at radius 1 is 1.60 bits per heavy atom. The van der Waals surface area contributed by atoms with Gasteiger partial charge in [0.15, 0.2) is 0 Å². The van der Waals surface area contributed by atoms with Gasteiger partial charge >= 0.3 is 0 Å². The fourth-order valence-corrected chi connectivity index (χ4v) is 0.851. The minimum absolute atomic E-state index is 1.01. The van der Waals surface area contributed by atoms with Crippen LogP contribution in [0.25, 0.3) is 0 Å². The van der Waals surface area contributed by atoms with Gasteiger partial charge in [0, 0.05) is 18.9 Å². The maximum atomic E-state index is 4.08. The van der Waals surface area contributed by atoms with Gasteiger partial charge < -0.3 is 5.32 Å². The number of aryl methyl sites for hydroxylation is 1. The van der Waals surface area contributed by atoms with Gasteiger partial charge in [-0.15, -0.1) is 0 Å². The minimum atomic E-state index is 1.01. The molecule has 0 aliphatic carbocycles. The van der Waals surface area contributed by atoms with Gasteiger partial charge in [0.05, 0.1) is 0 Å². The van der Waals surface area contributed by atoms with E-state index < -0.39 is 0 Å². The maximum absolute atomic E-state index is 4.08. The molecule has 0 bridgehead atoms. The highest BCUT2D eigenvalue weighted by Gasteiger charge is 1.87. The third-order valence-electron chi connectivity index (χ3n) is 1.37. The number of hydrogen-bond acceptors (Lipinski definition) is 2. The molecular weight excluding hydrogens is 126 g/mol. The lowest BCUT2D eigenvalue weighted by molar-refractivity contribution is 0.562. The van der Waals surface area contributed by atoms with Crippen LogP contribution >= 0.6 is 0 Å². The predicted molar refractivity (Wildman–Crippen MR) is 40.8 cm³/mol. The molecule has 0 aromatic carbocycles. The second-order valence-electron chi connectivity index (χ2n) is 2.23. The Morgan fingerprint density at radius 2 is 2.50 bits per heavy atom. The molecule has 0 radical (unpaired) electrons. The van der Waals surface area contributed by atoms with Crippen LogP contribution < -0.4 is 5.32 Å². The van der Waals surface area contributed by atoms with E-state index in [1.807, 2.05) is 24.0 Å². The zero-order valence-corrected chi connectivity index (χ0v) is 6.25. The summed E-state index contributed by atoms with van der Waals surface area (Å²) in [4.78, 5) is 0. The largest absolute Gasteiger partial charge is 0.320 e. The molecule has 0 unspecified atom stereocenters. The van der Waals surface area contributed by atoms with Gasteiger partial charge in [-0.2, -0.15) is 5.10 Å². The molecule has 0 aliphatic rings. The lowest BCUT2D eigenvalue weighted by Gasteiger charge is -1.99. The Morgan fingerprint density at radius 3 is 3.10 bits per heavy atom. The third-order valence-corrected chi connectivity index (χ3v) is 1.37. The number of hydrogen-bond donors (Lipinski definition) is 1. The normalized spacial score (nSPS) is 10.1. The molecule has 3 heteroatoms. The van der Waals surface area contributed by atoms with Gasteiger partial charge in [0.1, 0.15) is 0 Å². The number of aromatic nitrogens is 2. The Balaban J connectivity index is 2.15. The summed E-state index contributed by atoms with van der Waals surface area (Å²) in [6, 6.07) is 1.94. The summed E-state index contributed by atoms with van der Waals surface area (Å²) >= 11 is 0. The highest BCUT2D eigenvalue weighted by atomic mass is 15.3. The summed E-state index contributed by atoms with van der Waals surface area (Å²) in [6.07, 6.45) is 4.92. The molecule has 0 amide bonds. The van der Waals surface area contributed by atoms with Crippen molar-refractivity contribution < 1.29 is 0 Å². The Kier molecular flexibility index (Phi) is 2.96. The Bertz CT molecular complexity index is 157. The molecule has 0 saturated heterocycles. The van der Waals surface area contributed by atoms with Gasteiger partial charge in [0.25, 0.3) is 0 Å². The third kappa shape index (κ3) is 2.19. The van der Waals surface area contributed by atoms with Crippen molar-refractivity contribution in [3.05, 3.63) is 18.5 Å². The molecule has 1 aromatic rings. The van der Waals surface area contributed by atoms with Crippen LogP contribution in [0.4, 0.5) is 0 Å². The van der Waals surface area contributed by atoms with Crippen molar-refractivity contribution in [2.75, 3.05) is 13.6 Å². The lowest BCUT2D eigenvalue weighted by atomic mass is 10.4. The van der Waals surface area contributed by atoms with E-state index in [4.69, 9.17) is 0 Å². The van der Waals surface area contributed by atoms with Crippen LogP contribution in [0.5, 0.6) is 0 Å². The van der Waals surface area contributed by atoms with Crippen LogP contribution in [0.1, 0.15) is 6.42 Å². The lowest BCUT2D eigenvalue weighted by Crippen LogP contribution is -2.11. The van der Waals surface area contributed by atoms with Gasteiger partial charge in [-0.25, -0.2) is 0 Å². The highest BCUT2D eigenvalue weighted by molar-refractivity contribution is 4.77. The van der Waals surface area contributed by atoms with E-state index in [2.05, 4.69) is 10.4 Å². The zero-order valence-electron chi connectivity index (χ0n) is 6.25. The van der Waals surface area contributed by atoms with E-state index in [0.717, 1.165) is 19.5 Å². The molecule has 1 N–H and O–H groups in total. The second kappa shape index (κ2) is 4.06. The fraction of sp³-hybridized carbons (Fsp3) is 0.571. The highest BCUT2D eigenvalue weighted by Crippen LogP contribution is 1.86. The van der Waals surface area contributed by atoms with E-state index >= 15 is 0 Å². The first-order valence-corrected chi connectivity index (χ1v) is 3.55.